The maximum atomic E-state index is 12.5. The largest absolute Gasteiger partial charge is 0.313 e. The van der Waals surface area contributed by atoms with Gasteiger partial charge >= 0.3 is 0 Å². The molecule has 0 aliphatic carbocycles. The lowest BCUT2D eigenvalue weighted by Gasteiger charge is -2.35. The van der Waals surface area contributed by atoms with Gasteiger partial charge in [-0.25, -0.2) is 12.7 Å². The second kappa shape index (κ2) is 6.52. The zero-order chi connectivity index (χ0) is 13.9. The Bertz CT molecular complexity index is 371. The highest BCUT2D eigenvalue weighted by Crippen LogP contribution is 2.19. The molecule has 1 unspecified atom stereocenters. The van der Waals surface area contributed by atoms with Crippen molar-refractivity contribution in [2.24, 2.45) is 0 Å². The molecule has 0 amide bonds. The Labute approximate surface area is 117 Å². The summed E-state index contributed by atoms with van der Waals surface area (Å²) in [5.74, 6) is 0.260. The van der Waals surface area contributed by atoms with E-state index in [-0.39, 0.29) is 17.8 Å². The molecule has 1 atom stereocenters. The minimum Gasteiger partial charge on any atom is -0.313 e. The summed E-state index contributed by atoms with van der Waals surface area (Å²) < 4.78 is 26.5. The van der Waals surface area contributed by atoms with Crippen LogP contribution in [0.15, 0.2) is 0 Å². The van der Waals surface area contributed by atoms with Crippen molar-refractivity contribution in [1.29, 1.82) is 0 Å². The molecule has 2 aliphatic heterocycles. The average molecular weight is 289 g/mol. The Hall–Kier alpha value is -0.170. The first-order chi connectivity index (χ1) is 8.99. The summed E-state index contributed by atoms with van der Waals surface area (Å²) in [6.45, 7) is 2.94. The van der Waals surface area contributed by atoms with Crippen LogP contribution in [0.1, 0.15) is 32.1 Å². The van der Waals surface area contributed by atoms with Crippen LogP contribution in [0.25, 0.3) is 0 Å². The van der Waals surface area contributed by atoms with Gasteiger partial charge in [-0.05, 0) is 52.4 Å². The number of nitrogens with one attached hydrogen (secondary N) is 1. The van der Waals surface area contributed by atoms with E-state index in [1.807, 2.05) is 0 Å². The second-order valence-corrected chi connectivity index (χ2v) is 8.05. The molecule has 5 nitrogen and oxygen atoms in total. The molecule has 0 saturated carbocycles. The van der Waals surface area contributed by atoms with Crippen LogP contribution in [0.3, 0.4) is 0 Å². The first kappa shape index (κ1) is 15.2. The zero-order valence-corrected chi connectivity index (χ0v) is 13.0. The second-order valence-electron chi connectivity index (χ2n) is 5.98. The lowest BCUT2D eigenvalue weighted by molar-refractivity contribution is 0.197. The molecule has 2 heterocycles. The fourth-order valence-electron chi connectivity index (χ4n) is 3.02. The van der Waals surface area contributed by atoms with Crippen LogP contribution in [0.2, 0.25) is 0 Å². The lowest BCUT2D eigenvalue weighted by Crippen LogP contribution is -2.48. The Morgan fingerprint density at radius 1 is 1.21 bits per heavy atom. The van der Waals surface area contributed by atoms with E-state index >= 15 is 0 Å². The third kappa shape index (κ3) is 4.15. The van der Waals surface area contributed by atoms with Gasteiger partial charge in [0.05, 0.1) is 5.75 Å². The minimum atomic E-state index is -3.12. The monoisotopic (exact) mass is 289 g/mol. The molecule has 1 N–H and O–H groups in total. The highest BCUT2D eigenvalue weighted by Gasteiger charge is 2.31. The number of hydrogen-bond acceptors (Lipinski definition) is 4. The summed E-state index contributed by atoms with van der Waals surface area (Å²) in [6.07, 6.45) is 5.20. The smallest absolute Gasteiger partial charge is 0.215 e. The van der Waals surface area contributed by atoms with Gasteiger partial charge in [0, 0.05) is 19.1 Å². The van der Waals surface area contributed by atoms with Gasteiger partial charge in [-0.3, -0.25) is 0 Å². The molecule has 0 aromatic heterocycles. The molecule has 6 heteroatoms. The zero-order valence-electron chi connectivity index (χ0n) is 12.1. The van der Waals surface area contributed by atoms with Crippen LogP contribution >= 0.6 is 0 Å². The van der Waals surface area contributed by atoms with Gasteiger partial charge in [-0.1, -0.05) is 6.42 Å². The van der Waals surface area contributed by atoms with E-state index in [1.165, 1.54) is 6.42 Å². The van der Waals surface area contributed by atoms with Crippen molar-refractivity contribution in [3.05, 3.63) is 0 Å². The van der Waals surface area contributed by atoms with Crippen molar-refractivity contribution >= 4 is 10.0 Å². The molecule has 19 heavy (non-hydrogen) atoms. The van der Waals surface area contributed by atoms with Crippen LogP contribution in [0.4, 0.5) is 0 Å². The van der Waals surface area contributed by atoms with E-state index in [4.69, 9.17) is 0 Å². The van der Waals surface area contributed by atoms with E-state index in [0.717, 1.165) is 45.3 Å². The summed E-state index contributed by atoms with van der Waals surface area (Å²) in [4.78, 5) is 2.26. The van der Waals surface area contributed by atoms with Crippen molar-refractivity contribution < 1.29 is 8.42 Å². The van der Waals surface area contributed by atoms with Gasteiger partial charge in [0.2, 0.25) is 10.0 Å². The predicted octanol–water partition coefficient (Wildman–Crippen LogP) is 0.484. The van der Waals surface area contributed by atoms with Crippen molar-refractivity contribution in [1.82, 2.24) is 14.5 Å². The molecule has 0 aromatic rings. The van der Waals surface area contributed by atoms with E-state index in [2.05, 4.69) is 17.3 Å². The molecule has 112 valence electrons. The van der Waals surface area contributed by atoms with E-state index in [9.17, 15) is 8.42 Å². The third-order valence-corrected chi connectivity index (χ3v) is 6.46. The summed E-state index contributed by atoms with van der Waals surface area (Å²) in [7, 11) is 0.727. The number of piperidine rings is 2. The van der Waals surface area contributed by atoms with Crippen molar-refractivity contribution in [2.45, 2.75) is 44.2 Å². The predicted molar refractivity (Wildman–Crippen MR) is 77.7 cm³/mol. The highest BCUT2D eigenvalue weighted by atomic mass is 32.2. The number of nitrogens with zero attached hydrogens (tertiary/aromatic N) is 2. The Morgan fingerprint density at radius 3 is 2.47 bits per heavy atom. The van der Waals surface area contributed by atoms with Crippen LogP contribution in [0, 0.1) is 0 Å². The third-order valence-electron chi connectivity index (χ3n) is 4.47. The van der Waals surface area contributed by atoms with Crippen molar-refractivity contribution in [2.75, 3.05) is 39.5 Å². The van der Waals surface area contributed by atoms with Gasteiger partial charge in [0.25, 0.3) is 0 Å². The number of rotatable bonds is 4. The fraction of sp³-hybridized carbons (Fsp3) is 1.00. The van der Waals surface area contributed by atoms with Gasteiger partial charge in [0.15, 0.2) is 0 Å². The maximum Gasteiger partial charge on any atom is 0.215 e. The number of sulfonamides is 1. The first-order valence-electron chi connectivity index (χ1n) is 7.36. The molecule has 2 fully saturated rings. The van der Waals surface area contributed by atoms with Gasteiger partial charge in [-0.2, -0.15) is 0 Å². The molecule has 0 bridgehead atoms. The van der Waals surface area contributed by atoms with Crippen molar-refractivity contribution in [3.8, 4) is 0 Å². The lowest BCUT2D eigenvalue weighted by atomic mass is 10.1. The Kier molecular flexibility index (Phi) is 5.22. The van der Waals surface area contributed by atoms with E-state index in [1.54, 1.807) is 11.4 Å². The quantitative estimate of drug-likeness (QED) is 0.818. The number of hydrogen-bond donors (Lipinski definition) is 1. The fourth-order valence-corrected chi connectivity index (χ4v) is 4.72. The molecular weight excluding hydrogens is 262 g/mol. The molecule has 2 aliphatic rings. The Morgan fingerprint density at radius 2 is 1.89 bits per heavy atom. The summed E-state index contributed by atoms with van der Waals surface area (Å²) in [5, 5.41) is 3.33. The van der Waals surface area contributed by atoms with E-state index < -0.39 is 10.0 Å². The van der Waals surface area contributed by atoms with Crippen LogP contribution in [-0.2, 0) is 10.0 Å². The molecule has 2 rings (SSSR count). The Balaban J connectivity index is 1.90. The maximum absolute atomic E-state index is 12.5. The molecule has 2 saturated heterocycles. The summed E-state index contributed by atoms with van der Waals surface area (Å²) >= 11 is 0. The molecule has 0 radical (unpaired) electrons. The van der Waals surface area contributed by atoms with Gasteiger partial charge in [-0.15, -0.1) is 0 Å². The minimum absolute atomic E-state index is 0.146. The van der Waals surface area contributed by atoms with Gasteiger partial charge in [0.1, 0.15) is 0 Å². The molecule has 0 spiro atoms. The highest BCUT2D eigenvalue weighted by molar-refractivity contribution is 7.89. The number of likely N-dealkylation sites (tertiary alicyclic amines) is 1. The average Bonchev–Trinajstić information content (AvgIpc) is 2.39. The SMILES string of the molecule is CN1CCC(N(C)S(=O)(=O)CC2CCCCN2)CC1. The van der Waals surface area contributed by atoms with Crippen LogP contribution in [-0.4, -0.2) is 69.2 Å². The van der Waals surface area contributed by atoms with Crippen LogP contribution in [0.5, 0.6) is 0 Å². The first-order valence-corrected chi connectivity index (χ1v) is 8.97. The topological polar surface area (TPSA) is 52.7 Å². The summed E-state index contributed by atoms with van der Waals surface area (Å²) in [5.41, 5.74) is 0. The van der Waals surface area contributed by atoms with Gasteiger partial charge < -0.3 is 10.2 Å². The summed E-state index contributed by atoms with van der Waals surface area (Å²) in [6, 6.07) is 0.331. The molecular formula is C13H27N3O2S. The van der Waals surface area contributed by atoms with E-state index in [0.29, 0.717) is 0 Å². The normalized spacial score (nSPS) is 27.8. The molecule has 0 aromatic carbocycles. The standard InChI is InChI=1S/C13H27N3O2S/c1-15-9-6-13(7-10-15)16(2)19(17,18)11-12-5-3-4-8-14-12/h12-14H,3-11H2,1-2H3. The van der Waals surface area contributed by atoms with Crippen molar-refractivity contribution in [3.63, 3.8) is 0 Å². The van der Waals surface area contributed by atoms with Crippen LogP contribution < -0.4 is 5.32 Å².